The first kappa shape index (κ1) is 13.0. The third-order valence-corrected chi connectivity index (χ3v) is 3.01. The zero-order chi connectivity index (χ0) is 12.2. The Morgan fingerprint density at radius 1 is 1.69 bits per heavy atom. The summed E-state index contributed by atoms with van der Waals surface area (Å²) in [5.41, 5.74) is -0.884. The smallest absolute Gasteiger partial charge is 0.286 e. The van der Waals surface area contributed by atoms with Crippen LogP contribution in [0, 0.1) is 5.92 Å². The number of carbonyl (C=O) groups excluding carboxylic acids is 1. The Balaban J connectivity index is 2.43. The highest BCUT2D eigenvalue weighted by Gasteiger charge is 2.26. The molecule has 0 saturated heterocycles. The van der Waals surface area contributed by atoms with Gasteiger partial charge < -0.3 is 15.2 Å². The lowest BCUT2D eigenvalue weighted by Gasteiger charge is -2.28. The maximum Gasteiger partial charge on any atom is 0.286 e. The van der Waals surface area contributed by atoms with Crippen LogP contribution >= 0.6 is 0 Å². The Labute approximate surface area is 96.7 Å². The van der Waals surface area contributed by atoms with Crippen LogP contribution in [-0.2, 0) is 9.53 Å². The van der Waals surface area contributed by atoms with E-state index in [-0.39, 0.29) is 18.4 Å². The number of ether oxygens (including phenoxy) is 1. The largest absolute Gasteiger partial charge is 0.488 e. The van der Waals surface area contributed by atoms with Gasteiger partial charge in [0, 0.05) is 6.54 Å². The topological polar surface area (TPSA) is 58.6 Å². The predicted molar refractivity (Wildman–Crippen MR) is 61.7 cm³/mol. The minimum Gasteiger partial charge on any atom is -0.488 e. The fourth-order valence-electron chi connectivity index (χ4n) is 1.27. The van der Waals surface area contributed by atoms with Crippen molar-refractivity contribution in [2.45, 2.75) is 39.2 Å². The molecule has 0 bridgehead atoms. The van der Waals surface area contributed by atoms with Crippen molar-refractivity contribution in [3.8, 4) is 0 Å². The molecule has 0 spiro atoms. The Bertz CT molecular complexity index is 282. The molecule has 1 rings (SSSR count). The number of allylic oxidation sites excluding steroid dienone is 1. The lowest BCUT2D eigenvalue weighted by molar-refractivity contribution is -0.122. The monoisotopic (exact) mass is 227 g/mol. The second-order valence-electron chi connectivity index (χ2n) is 4.75. The first-order valence-electron chi connectivity index (χ1n) is 5.77. The van der Waals surface area contributed by atoms with E-state index in [1.54, 1.807) is 13.0 Å². The fourth-order valence-corrected chi connectivity index (χ4v) is 1.27. The number of hydrogen-bond donors (Lipinski definition) is 2. The van der Waals surface area contributed by atoms with E-state index in [1.807, 2.05) is 13.8 Å². The van der Waals surface area contributed by atoms with E-state index >= 15 is 0 Å². The lowest BCUT2D eigenvalue weighted by Crippen LogP contribution is -2.45. The van der Waals surface area contributed by atoms with E-state index in [0.29, 0.717) is 12.4 Å². The van der Waals surface area contributed by atoms with Crippen molar-refractivity contribution in [2.24, 2.45) is 5.92 Å². The number of amides is 1. The average molecular weight is 227 g/mol. The van der Waals surface area contributed by atoms with Crippen LogP contribution < -0.4 is 5.32 Å². The zero-order valence-corrected chi connectivity index (χ0v) is 10.2. The predicted octanol–water partition coefficient (Wildman–Crippen LogP) is 1.20. The third-order valence-electron chi connectivity index (χ3n) is 3.01. The van der Waals surface area contributed by atoms with Gasteiger partial charge in [-0.1, -0.05) is 13.8 Å². The van der Waals surface area contributed by atoms with Crippen LogP contribution in [0.3, 0.4) is 0 Å². The second kappa shape index (κ2) is 5.34. The summed E-state index contributed by atoms with van der Waals surface area (Å²) in [6, 6.07) is 0. The zero-order valence-electron chi connectivity index (χ0n) is 10.2. The highest BCUT2D eigenvalue weighted by molar-refractivity contribution is 5.91. The van der Waals surface area contributed by atoms with Crippen LogP contribution in [0.5, 0.6) is 0 Å². The van der Waals surface area contributed by atoms with E-state index in [4.69, 9.17) is 4.74 Å². The molecule has 0 radical (unpaired) electrons. The highest BCUT2D eigenvalue weighted by atomic mass is 16.5. The minimum absolute atomic E-state index is 0.0917. The molecule has 92 valence electrons. The molecule has 2 N–H and O–H groups in total. The van der Waals surface area contributed by atoms with Crippen LogP contribution in [0.25, 0.3) is 0 Å². The number of carbonyl (C=O) groups is 1. The van der Waals surface area contributed by atoms with Gasteiger partial charge in [0.15, 0.2) is 5.76 Å². The van der Waals surface area contributed by atoms with E-state index in [9.17, 15) is 9.90 Å². The van der Waals surface area contributed by atoms with Crippen molar-refractivity contribution < 1.29 is 14.6 Å². The first-order chi connectivity index (χ1) is 7.43. The molecule has 4 heteroatoms. The molecular formula is C12H21NO3. The van der Waals surface area contributed by atoms with Crippen molar-refractivity contribution >= 4 is 5.91 Å². The van der Waals surface area contributed by atoms with Crippen LogP contribution in [0.2, 0.25) is 0 Å². The number of rotatable bonds is 4. The summed E-state index contributed by atoms with van der Waals surface area (Å²) in [6.07, 6.45) is 3.63. The van der Waals surface area contributed by atoms with E-state index in [2.05, 4.69) is 5.32 Å². The van der Waals surface area contributed by atoms with Crippen LogP contribution in [0.4, 0.5) is 0 Å². The van der Waals surface area contributed by atoms with Crippen LogP contribution in [0.15, 0.2) is 11.8 Å². The minimum atomic E-state index is -0.884. The molecule has 0 aliphatic carbocycles. The molecule has 1 aliphatic heterocycles. The van der Waals surface area contributed by atoms with Crippen molar-refractivity contribution in [1.82, 2.24) is 5.32 Å². The molecule has 0 aromatic carbocycles. The number of hydrogen-bond acceptors (Lipinski definition) is 3. The SMILES string of the molecule is CC(C)C(C)(O)CNC(=O)C1=CCCCO1. The number of nitrogens with one attached hydrogen (secondary N) is 1. The van der Waals surface area contributed by atoms with Gasteiger partial charge in [-0.25, -0.2) is 0 Å². The maximum absolute atomic E-state index is 11.7. The summed E-state index contributed by atoms with van der Waals surface area (Å²) in [7, 11) is 0. The molecule has 1 unspecified atom stereocenters. The summed E-state index contributed by atoms with van der Waals surface area (Å²) in [6.45, 7) is 6.39. The molecule has 1 amide bonds. The molecule has 1 aliphatic rings. The van der Waals surface area contributed by atoms with E-state index < -0.39 is 5.60 Å². The summed E-state index contributed by atoms with van der Waals surface area (Å²) in [5, 5.41) is 12.7. The van der Waals surface area contributed by atoms with Gasteiger partial charge in [0.1, 0.15) is 0 Å². The Morgan fingerprint density at radius 2 is 2.38 bits per heavy atom. The van der Waals surface area contributed by atoms with Crippen molar-refractivity contribution in [3.63, 3.8) is 0 Å². The van der Waals surface area contributed by atoms with Crippen LogP contribution in [0.1, 0.15) is 33.6 Å². The van der Waals surface area contributed by atoms with Gasteiger partial charge >= 0.3 is 0 Å². The summed E-state index contributed by atoms with van der Waals surface area (Å²) in [5.74, 6) is 0.237. The average Bonchev–Trinajstić information content (AvgIpc) is 2.27. The van der Waals surface area contributed by atoms with Gasteiger partial charge in [-0.15, -0.1) is 0 Å². The van der Waals surface area contributed by atoms with Gasteiger partial charge in [0.05, 0.1) is 12.2 Å². The lowest BCUT2D eigenvalue weighted by atomic mass is 9.92. The molecule has 0 saturated carbocycles. The first-order valence-corrected chi connectivity index (χ1v) is 5.77. The molecule has 4 nitrogen and oxygen atoms in total. The third kappa shape index (κ3) is 3.52. The molecule has 0 aromatic rings. The van der Waals surface area contributed by atoms with Crippen molar-refractivity contribution in [1.29, 1.82) is 0 Å². The number of aliphatic hydroxyl groups is 1. The fraction of sp³-hybridized carbons (Fsp3) is 0.750. The molecule has 1 heterocycles. The Hall–Kier alpha value is -1.03. The molecule has 16 heavy (non-hydrogen) atoms. The summed E-state index contributed by atoms with van der Waals surface area (Å²) in [4.78, 5) is 11.7. The van der Waals surface area contributed by atoms with Gasteiger partial charge in [0.25, 0.3) is 5.91 Å². The highest BCUT2D eigenvalue weighted by Crippen LogP contribution is 2.15. The molecular weight excluding hydrogens is 206 g/mol. The molecule has 0 aromatic heterocycles. The van der Waals surface area contributed by atoms with Gasteiger partial charge in [-0.2, -0.15) is 0 Å². The molecule has 0 fully saturated rings. The summed E-state index contributed by atoms with van der Waals surface area (Å²) >= 11 is 0. The van der Waals surface area contributed by atoms with E-state index in [0.717, 1.165) is 12.8 Å². The maximum atomic E-state index is 11.7. The normalized spacial score (nSPS) is 19.7. The quantitative estimate of drug-likeness (QED) is 0.759. The Kier molecular flexibility index (Phi) is 4.35. The standard InChI is InChI=1S/C12H21NO3/c1-9(2)12(3,15)8-13-11(14)10-6-4-5-7-16-10/h6,9,15H,4-5,7-8H2,1-3H3,(H,13,14). The van der Waals surface area contributed by atoms with Crippen LogP contribution in [-0.4, -0.2) is 29.8 Å². The van der Waals surface area contributed by atoms with Crippen molar-refractivity contribution in [3.05, 3.63) is 11.8 Å². The van der Waals surface area contributed by atoms with E-state index in [1.165, 1.54) is 0 Å². The summed E-state index contributed by atoms with van der Waals surface area (Å²) < 4.78 is 5.23. The Morgan fingerprint density at radius 3 is 2.88 bits per heavy atom. The van der Waals surface area contributed by atoms with Gasteiger partial charge in [-0.05, 0) is 31.8 Å². The second-order valence-corrected chi connectivity index (χ2v) is 4.75. The molecule has 1 atom stereocenters. The van der Waals surface area contributed by atoms with Gasteiger partial charge in [0.2, 0.25) is 0 Å². The van der Waals surface area contributed by atoms with Crippen molar-refractivity contribution in [2.75, 3.05) is 13.2 Å². The van der Waals surface area contributed by atoms with Gasteiger partial charge in [-0.3, -0.25) is 4.79 Å².